The summed E-state index contributed by atoms with van der Waals surface area (Å²) in [5.41, 5.74) is 8.03. The normalized spacial score (nSPS) is 18.5. The molecule has 0 spiro atoms. The van der Waals surface area contributed by atoms with E-state index in [0.717, 1.165) is 6.08 Å². The highest BCUT2D eigenvalue weighted by Crippen LogP contribution is 2.17. The molecule has 0 aliphatic carbocycles. The van der Waals surface area contributed by atoms with E-state index in [9.17, 15) is 9.59 Å². The second-order valence-electron chi connectivity index (χ2n) is 2.03. The SMILES string of the molecule is NC(=O)C1(C(N)=O)C=CN=N1. The summed E-state index contributed by atoms with van der Waals surface area (Å²) in [6.45, 7) is 0. The first-order valence-corrected chi connectivity index (χ1v) is 2.79. The molecule has 1 rings (SSSR count). The van der Waals surface area contributed by atoms with Crippen molar-refractivity contribution in [2.75, 3.05) is 0 Å². The van der Waals surface area contributed by atoms with Gasteiger partial charge in [-0.1, -0.05) is 0 Å². The van der Waals surface area contributed by atoms with Gasteiger partial charge in [-0.3, -0.25) is 9.59 Å². The van der Waals surface area contributed by atoms with Crippen LogP contribution in [0, 0.1) is 0 Å². The topological polar surface area (TPSA) is 111 Å². The zero-order valence-electron chi connectivity index (χ0n) is 5.52. The molecule has 0 aromatic carbocycles. The van der Waals surface area contributed by atoms with E-state index in [0.29, 0.717) is 0 Å². The van der Waals surface area contributed by atoms with Gasteiger partial charge in [-0.25, -0.2) is 0 Å². The van der Waals surface area contributed by atoms with Crippen LogP contribution < -0.4 is 11.5 Å². The molecular weight excluding hydrogens is 148 g/mol. The maximum absolute atomic E-state index is 10.7. The quantitative estimate of drug-likeness (QED) is 0.480. The van der Waals surface area contributed by atoms with Gasteiger partial charge in [0.25, 0.3) is 17.4 Å². The van der Waals surface area contributed by atoms with Gasteiger partial charge in [0, 0.05) is 6.20 Å². The van der Waals surface area contributed by atoms with E-state index in [1.807, 2.05) is 0 Å². The molecule has 0 saturated carbocycles. The Bertz CT molecular complexity index is 240. The predicted molar refractivity (Wildman–Crippen MR) is 35.1 cm³/mol. The third kappa shape index (κ3) is 0.878. The molecule has 11 heavy (non-hydrogen) atoms. The van der Waals surface area contributed by atoms with Crippen molar-refractivity contribution in [3.63, 3.8) is 0 Å². The lowest BCUT2D eigenvalue weighted by atomic mass is 10.0. The molecule has 1 aliphatic rings. The minimum atomic E-state index is -1.75. The van der Waals surface area contributed by atoms with E-state index in [1.54, 1.807) is 0 Å². The van der Waals surface area contributed by atoms with E-state index < -0.39 is 17.4 Å². The second-order valence-corrected chi connectivity index (χ2v) is 2.03. The van der Waals surface area contributed by atoms with Gasteiger partial charge in [-0.2, -0.15) is 10.2 Å². The van der Waals surface area contributed by atoms with Crippen LogP contribution in [0.3, 0.4) is 0 Å². The number of hydrogen-bond donors (Lipinski definition) is 2. The number of rotatable bonds is 2. The zero-order chi connectivity index (χ0) is 8.48. The van der Waals surface area contributed by atoms with Gasteiger partial charge in [0.2, 0.25) is 0 Å². The summed E-state index contributed by atoms with van der Waals surface area (Å²) in [5.74, 6) is -1.83. The Morgan fingerprint density at radius 3 is 2.00 bits per heavy atom. The Labute approximate surface area is 62.0 Å². The fourth-order valence-electron chi connectivity index (χ4n) is 0.683. The molecule has 6 nitrogen and oxygen atoms in total. The molecule has 2 amide bonds. The van der Waals surface area contributed by atoms with Crippen molar-refractivity contribution in [1.82, 2.24) is 0 Å². The smallest absolute Gasteiger partial charge is 0.261 e. The molecule has 0 fully saturated rings. The highest BCUT2D eigenvalue weighted by atomic mass is 16.2. The van der Waals surface area contributed by atoms with Crippen molar-refractivity contribution in [3.8, 4) is 0 Å². The lowest BCUT2D eigenvalue weighted by Gasteiger charge is -2.12. The number of primary amides is 2. The van der Waals surface area contributed by atoms with Crippen LogP contribution in [0.5, 0.6) is 0 Å². The summed E-state index contributed by atoms with van der Waals surface area (Å²) in [5, 5.41) is 6.65. The van der Waals surface area contributed by atoms with Crippen LogP contribution in [-0.2, 0) is 9.59 Å². The standard InChI is InChI=1S/C5H6N4O2/c6-3(10)5(4(7)11)1-2-8-9-5/h1-2H,(H2,6,10)(H2,7,11). The van der Waals surface area contributed by atoms with Gasteiger partial charge in [-0.15, -0.1) is 0 Å². The molecule has 0 radical (unpaired) electrons. The maximum Gasteiger partial charge on any atom is 0.261 e. The summed E-state index contributed by atoms with van der Waals surface area (Å²) >= 11 is 0. The minimum absolute atomic E-state index is 0.914. The van der Waals surface area contributed by atoms with Crippen molar-refractivity contribution >= 4 is 11.8 Å². The van der Waals surface area contributed by atoms with Crippen LogP contribution in [0.2, 0.25) is 0 Å². The van der Waals surface area contributed by atoms with Crippen LogP contribution in [-0.4, -0.2) is 17.4 Å². The van der Waals surface area contributed by atoms with E-state index >= 15 is 0 Å². The first-order chi connectivity index (χ1) is 5.09. The molecule has 4 N–H and O–H groups in total. The summed E-state index contributed by atoms with van der Waals surface area (Å²) in [6, 6.07) is 0. The average molecular weight is 154 g/mol. The van der Waals surface area contributed by atoms with Crippen LogP contribution in [0.1, 0.15) is 0 Å². The molecule has 0 aromatic heterocycles. The van der Waals surface area contributed by atoms with E-state index in [2.05, 4.69) is 10.2 Å². The fourth-order valence-corrected chi connectivity index (χ4v) is 0.683. The van der Waals surface area contributed by atoms with Crippen molar-refractivity contribution in [1.29, 1.82) is 0 Å². The minimum Gasteiger partial charge on any atom is -0.367 e. The van der Waals surface area contributed by atoms with Gasteiger partial charge < -0.3 is 11.5 Å². The number of nitrogens with two attached hydrogens (primary N) is 2. The molecule has 0 saturated heterocycles. The summed E-state index contributed by atoms with van der Waals surface area (Å²) < 4.78 is 0. The highest BCUT2D eigenvalue weighted by molar-refractivity contribution is 6.11. The number of amides is 2. The highest BCUT2D eigenvalue weighted by Gasteiger charge is 2.42. The van der Waals surface area contributed by atoms with Crippen molar-refractivity contribution < 1.29 is 9.59 Å². The lowest BCUT2D eigenvalue weighted by molar-refractivity contribution is -0.131. The molecule has 58 valence electrons. The summed E-state index contributed by atoms with van der Waals surface area (Å²) in [6.07, 6.45) is 2.37. The third-order valence-corrected chi connectivity index (χ3v) is 1.35. The van der Waals surface area contributed by atoms with Gasteiger partial charge in [0.1, 0.15) is 0 Å². The number of hydrogen-bond acceptors (Lipinski definition) is 4. The molecule has 6 heteroatoms. The van der Waals surface area contributed by atoms with Gasteiger partial charge >= 0.3 is 0 Å². The molecule has 0 atom stereocenters. The molecule has 0 unspecified atom stereocenters. The van der Waals surface area contributed by atoms with Crippen molar-refractivity contribution in [2.24, 2.45) is 21.7 Å². The van der Waals surface area contributed by atoms with Crippen LogP contribution >= 0.6 is 0 Å². The lowest BCUT2D eigenvalue weighted by Crippen LogP contribution is -2.50. The fraction of sp³-hybridized carbons (Fsp3) is 0.200. The largest absolute Gasteiger partial charge is 0.367 e. The Balaban J connectivity index is 3.09. The number of carbonyl (C=O) groups is 2. The van der Waals surface area contributed by atoms with E-state index in [4.69, 9.17) is 11.5 Å². The molecule has 1 aliphatic heterocycles. The van der Waals surface area contributed by atoms with Crippen LogP contribution in [0.15, 0.2) is 22.5 Å². The molecule has 0 aromatic rings. The molecule has 1 heterocycles. The van der Waals surface area contributed by atoms with Gasteiger partial charge in [-0.05, 0) is 6.08 Å². The summed E-state index contributed by atoms with van der Waals surface area (Å²) in [7, 11) is 0. The zero-order valence-corrected chi connectivity index (χ0v) is 5.52. The molecular formula is C5H6N4O2. The van der Waals surface area contributed by atoms with Crippen LogP contribution in [0.4, 0.5) is 0 Å². The van der Waals surface area contributed by atoms with Crippen molar-refractivity contribution in [3.05, 3.63) is 12.3 Å². The Morgan fingerprint density at radius 1 is 1.27 bits per heavy atom. The van der Waals surface area contributed by atoms with Gasteiger partial charge in [0.05, 0.1) is 0 Å². The second kappa shape index (κ2) is 2.15. The number of nitrogens with zero attached hydrogens (tertiary/aromatic N) is 2. The third-order valence-electron chi connectivity index (χ3n) is 1.35. The number of carbonyl (C=O) groups excluding carboxylic acids is 2. The Morgan fingerprint density at radius 2 is 1.82 bits per heavy atom. The van der Waals surface area contributed by atoms with Crippen LogP contribution in [0.25, 0.3) is 0 Å². The first kappa shape index (κ1) is 7.39. The monoisotopic (exact) mass is 154 g/mol. The van der Waals surface area contributed by atoms with Crippen molar-refractivity contribution in [2.45, 2.75) is 5.54 Å². The Hall–Kier alpha value is -1.72. The van der Waals surface area contributed by atoms with Gasteiger partial charge in [0.15, 0.2) is 0 Å². The predicted octanol–water partition coefficient (Wildman–Crippen LogP) is -1.32. The number of azo groups is 1. The first-order valence-electron chi connectivity index (χ1n) is 2.79. The average Bonchev–Trinajstić information content (AvgIpc) is 2.34. The Kier molecular flexibility index (Phi) is 1.45. The maximum atomic E-state index is 10.7. The summed E-state index contributed by atoms with van der Waals surface area (Å²) in [4.78, 5) is 21.4. The van der Waals surface area contributed by atoms with E-state index in [-0.39, 0.29) is 0 Å². The molecule has 0 bridgehead atoms. The van der Waals surface area contributed by atoms with E-state index in [1.165, 1.54) is 6.20 Å².